The molecule has 19 heavy (non-hydrogen) atoms. The van der Waals surface area contributed by atoms with E-state index in [0.717, 1.165) is 23.5 Å². The Morgan fingerprint density at radius 3 is 2.68 bits per heavy atom. The van der Waals surface area contributed by atoms with Gasteiger partial charge in [-0.1, -0.05) is 35.9 Å². The molecule has 0 aliphatic heterocycles. The van der Waals surface area contributed by atoms with Gasteiger partial charge in [0.1, 0.15) is 12.4 Å². The minimum Gasteiger partial charge on any atom is -0.490 e. The summed E-state index contributed by atoms with van der Waals surface area (Å²) in [5, 5.41) is 4.00. The van der Waals surface area contributed by atoms with E-state index in [1.54, 1.807) is 0 Å². The Labute approximate surface area is 119 Å². The van der Waals surface area contributed by atoms with Crippen molar-refractivity contribution in [3.05, 3.63) is 58.6 Å². The first-order chi connectivity index (χ1) is 9.16. The topological polar surface area (TPSA) is 21.3 Å². The van der Waals surface area contributed by atoms with E-state index in [9.17, 15) is 0 Å². The highest BCUT2D eigenvalue weighted by Gasteiger charge is 2.01. The summed E-state index contributed by atoms with van der Waals surface area (Å²) in [4.78, 5) is 0. The van der Waals surface area contributed by atoms with Gasteiger partial charge in [-0.25, -0.2) is 0 Å². The number of hydrogen-bond acceptors (Lipinski definition) is 2. The van der Waals surface area contributed by atoms with Crippen LogP contribution in [0.3, 0.4) is 0 Å². The van der Waals surface area contributed by atoms with Gasteiger partial charge in [0.05, 0.1) is 5.02 Å². The van der Waals surface area contributed by atoms with Crippen molar-refractivity contribution in [2.24, 2.45) is 0 Å². The zero-order valence-corrected chi connectivity index (χ0v) is 12.0. The summed E-state index contributed by atoms with van der Waals surface area (Å²) in [5.74, 6) is 0.744. The number of aryl methyl sites for hydroxylation is 2. The fraction of sp³-hybridized carbons (Fsp3) is 0.250. The van der Waals surface area contributed by atoms with Gasteiger partial charge in [-0.2, -0.15) is 0 Å². The van der Waals surface area contributed by atoms with E-state index in [1.807, 2.05) is 37.3 Å². The third-order valence-corrected chi connectivity index (χ3v) is 3.22. The molecule has 0 aliphatic rings. The van der Waals surface area contributed by atoms with Gasteiger partial charge in [-0.05, 0) is 43.2 Å². The van der Waals surface area contributed by atoms with E-state index in [4.69, 9.17) is 16.3 Å². The van der Waals surface area contributed by atoms with Crippen molar-refractivity contribution in [1.29, 1.82) is 0 Å². The zero-order chi connectivity index (χ0) is 13.7. The molecule has 2 rings (SSSR count). The molecule has 0 saturated heterocycles. The predicted molar refractivity (Wildman–Crippen MR) is 81.4 cm³/mol. The first-order valence-electron chi connectivity index (χ1n) is 6.35. The van der Waals surface area contributed by atoms with Gasteiger partial charge >= 0.3 is 0 Å². The van der Waals surface area contributed by atoms with Gasteiger partial charge in [-0.15, -0.1) is 0 Å². The van der Waals surface area contributed by atoms with Crippen molar-refractivity contribution in [3.8, 4) is 5.75 Å². The van der Waals surface area contributed by atoms with Crippen LogP contribution >= 0.6 is 11.6 Å². The van der Waals surface area contributed by atoms with Crippen molar-refractivity contribution in [2.75, 3.05) is 18.5 Å². The molecule has 2 aromatic rings. The van der Waals surface area contributed by atoms with Crippen LogP contribution in [-0.2, 0) is 0 Å². The maximum Gasteiger partial charge on any atom is 0.138 e. The van der Waals surface area contributed by atoms with E-state index in [-0.39, 0.29) is 0 Å². The predicted octanol–water partition coefficient (Wildman–Crippen LogP) is 4.45. The first kappa shape index (κ1) is 13.8. The monoisotopic (exact) mass is 275 g/mol. The fourth-order valence-corrected chi connectivity index (χ4v) is 2.01. The van der Waals surface area contributed by atoms with E-state index in [1.165, 1.54) is 5.56 Å². The van der Waals surface area contributed by atoms with Crippen LogP contribution in [0.1, 0.15) is 11.1 Å². The van der Waals surface area contributed by atoms with Gasteiger partial charge in [0, 0.05) is 12.2 Å². The Hall–Kier alpha value is -1.67. The Morgan fingerprint density at radius 1 is 1.11 bits per heavy atom. The Balaban J connectivity index is 1.84. The largest absolute Gasteiger partial charge is 0.490 e. The normalized spacial score (nSPS) is 10.3. The molecule has 0 amide bonds. The summed E-state index contributed by atoms with van der Waals surface area (Å²) in [6.07, 6.45) is 0. The molecular formula is C16H18ClNO. The summed E-state index contributed by atoms with van der Waals surface area (Å²) in [6.45, 7) is 5.43. The molecule has 0 atom stereocenters. The average Bonchev–Trinajstić information content (AvgIpc) is 2.40. The number of nitrogens with one attached hydrogen (secondary N) is 1. The lowest BCUT2D eigenvalue weighted by Crippen LogP contribution is -2.12. The van der Waals surface area contributed by atoms with Crippen molar-refractivity contribution in [3.63, 3.8) is 0 Å². The highest BCUT2D eigenvalue weighted by molar-refractivity contribution is 6.32. The van der Waals surface area contributed by atoms with Crippen molar-refractivity contribution < 1.29 is 4.74 Å². The van der Waals surface area contributed by atoms with Gasteiger partial charge in [-0.3, -0.25) is 0 Å². The summed E-state index contributed by atoms with van der Waals surface area (Å²) >= 11 is 6.07. The maximum absolute atomic E-state index is 6.07. The number of halogens is 1. The average molecular weight is 276 g/mol. The number of para-hydroxylation sites is 1. The molecule has 0 fully saturated rings. The molecule has 2 nitrogen and oxygen atoms in total. The molecule has 2 aromatic carbocycles. The summed E-state index contributed by atoms with van der Waals surface area (Å²) in [6, 6.07) is 14.0. The molecule has 0 radical (unpaired) electrons. The molecule has 0 aromatic heterocycles. The quantitative estimate of drug-likeness (QED) is 0.814. The van der Waals surface area contributed by atoms with Gasteiger partial charge in [0.15, 0.2) is 0 Å². The van der Waals surface area contributed by atoms with Gasteiger partial charge in [0.2, 0.25) is 0 Å². The second-order valence-corrected chi connectivity index (χ2v) is 4.93. The Bertz CT molecular complexity index is 554. The van der Waals surface area contributed by atoms with E-state index in [0.29, 0.717) is 11.6 Å². The van der Waals surface area contributed by atoms with Crippen LogP contribution in [0.25, 0.3) is 0 Å². The van der Waals surface area contributed by atoms with Crippen LogP contribution in [0.2, 0.25) is 5.02 Å². The minimum atomic E-state index is 0.581. The molecule has 100 valence electrons. The molecule has 0 aliphatic carbocycles. The standard InChI is InChI=1S/C16H18ClNO/c1-12-7-8-14(17)16(11-12)19-10-9-18-15-6-4-3-5-13(15)2/h3-8,11,18H,9-10H2,1-2H3. The highest BCUT2D eigenvalue weighted by atomic mass is 35.5. The Kier molecular flexibility index (Phi) is 4.69. The number of rotatable bonds is 5. The van der Waals surface area contributed by atoms with E-state index < -0.39 is 0 Å². The van der Waals surface area contributed by atoms with Crippen LogP contribution in [0.15, 0.2) is 42.5 Å². The lowest BCUT2D eigenvalue weighted by molar-refractivity contribution is 0.333. The van der Waals surface area contributed by atoms with Crippen LogP contribution in [0.5, 0.6) is 5.75 Å². The zero-order valence-electron chi connectivity index (χ0n) is 11.2. The second kappa shape index (κ2) is 6.48. The van der Waals surface area contributed by atoms with Crippen molar-refractivity contribution in [1.82, 2.24) is 0 Å². The van der Waals surface area contributed by atoms with Crippen LogP contribution < -0.4 is 10.1 Å². The summed E-state index contributed by atoms with van der Waals surface area (Å²) < 4.78 is 5.68. The number of ether oxygens (including phenoxy) is 1. The number of benzene rings is 2. The van der Waals surface area contributed by atoms with Crippen LogP contribution in [0.4, 0.5) is 5.69 Å². The molecule has 1 N–H and O–H groups in total. The summed E-state index contributed by atoms with van der Waals surface area (Å²) in [7, 11) is 0. The molecule has 0 spiro atoms. The minimum absolute atomic E-state index is 0.581. The third kappa shape index (κ3) is 3.90. The molecule has 3 heteroatoms. The lowest BCUT2D eigenvalue weighted by atomic mass is 10.2. The lowest BCUT2D eigenvalue weighted by Gasteiger charge is -2.11. The molecule has 0 heterocycles. The molecule has 0 unspecified atom stereocenters. The Morgan fingerprint density at radius 2 is 1.89 bits per heavy atom. The molecular weight excluding hydrogens is 258 g/mol. The summed E-state index contributed by atoms with van der Waals surface area (Å²) in [5.41, 5.74) is 3.52. The number of hydrogen-bond donors (Lipinski definition) is 1. The van der Waals surface area contributed by atoms with Gasteiger partial charge < -0.3 is 10.1 Å². The van der Waals surface area contributed by atoms with Crippen molar-refractivity contribution in [2.45, 2.75) is 13.8 Å². The smallest absolute Gasteiger partial charge is 0.138 e. The second-order valence-electron chi connectivity index (χ2n) is 4.52. The third-order valence-electron chi connectivity index (χ3n) is 2.91. The van der Waals surface area contributed by atoms with Gasteiger partial charge in [0.25, 0.3) is 0 Å². The SMILES string of the molecule is Cc1ccc(Cl)c(OCCNc2ccccc2C)c1. The highest BCUT2D eigenvalue weighted by Crippen LogP contribution is 2.25. The van der Waals surface area contributed by atoms with E-state index >= 15 is 0 Å². The van der Waals surface area contributed by atoms with Crippen molar-refractivity contribution >= 4 is 17.3 Å². The van der Waals surface area contributed by atoms with E-state index in [2.05, 4.69) is 24.4 Å². The van der Waals surface area contributed by atoms with Crippen LogP contribution in [0, 0.1) is 13.8 Å². The molecule has 0 saturated carbocycles. The molecule has 0 bridgehead atoms. The fourth-order valence-electron chi connectivity index (χ4n) is 1.84. The maximum atomic E-state index is 6.07. The van der Waals surface area contributed by atoms with Crippen LogP contribution in [-0.4, -0.2) is 13.2 Å². The first-order valence-corrected chi connectivity index (χ1v) is 6.73. The number of anilines is 1.